The van der Waals surface area contributed by atoms with Crippen LogP contribution in [0, 0.1) is 12.8 Å². The molecular weight excluding hydrogens is 236 g/mol. The number of nitrogens with zero attached hydrogens (tertiary/aromatic N) is 1. The first-order valence-electron chi connectivity index (χ1n) is 7.41. The molecule has 0 saturated heterocycles. The summed E-state index contributed by atoms with van der Waals surface area (Å²) in [6, 6.07) is 4.87. The van der Waals surface area contributed by atoms with Gasteiger partial charge in [0.25, 0.3) is 0 Å². The summed E-state index contributed by atoms with van der Waals surface area (Å²) < 4.78 is 5.87. The van der Waals surface area contributed by atoms with Crippen LogP contribution in [0.5, 0.6) is 5.88 Å². The molecule has 1 aliphatic rings. The minimum Gasteiger partial charge on any atom is -0.475 e. The Kier molecular flexibility index (Phi) is 4.81. The Hall–Kier alpha value is -1.09. The number of hydrogen-bond acceptors (Lipinski definition) is 3. The number of ether oxygens (including phenoxy) is 1. The zero-order chi connectivity index (χ0) is 13.8. The maximum absolute atomic E-state index is 5.87. The molecule has 1 fully saturated rings. The van der Waals surface area contributed by atoms with Crippen molar-refractivity contribution in [2.24, 2.45) is 5.92 Å². The molecule has 0 bridgehead atoms. The molecule has 1 heterocycles. The lowest BCUT2D eigenvalue weighted by Crippen LogP contribution is -2.18. The summed E-state index contributed by atoms with van der Waals surface area (Å²) in [6.07, 6.45) is 3.93. The average Bonchev–Trinajstić information content (AvgIpc) is 3.10. The molecule has 1 atom stereocenters. The molecule has 19 heavy (non-hydrogen) atoms. The Labute approximate surface area is 116 Å². The van der Waals surface area contributed by atoms with Crippen molar-refractivity contribution in [2.75, 3.05) is 0 Å². The van der Waals surface area contributed by atoms with E-state index < -0.39 is 0 Å². The zero-order valence-corrected chi connectivity index (χ0v) is 12.6. The first kappa shape index (κ1) is 14.3. The third-order valence-electron chi connectivity index (χ3n) is 3.45. The molecule has 0 radical (unpaired) electrons. The lowest BCUT2D eigenvalue weighted by molar-refractivity contribution is 0.185. The second-order valence-electron chi connectivity index (χ2n) is 6.11. The van der Waals surface area contributed by atoms with E-state index in [4.69, 9.17) is 4.74 Å². The third kappa shape index (κ3) is 4.83. The molecule has 1 saturated carbocycles. The number of nitrogens with one attached hydrogen (secondary N) is 1. The fourth-order valence-corrected chi connectivity index (χ4v) is 2.28. The molecular formula is C16H26N2O. The predicted octanol–water partition coefficient (Wildman–Crippen LogP) is 3.46. The van der Waals surface area contributed by atoms with Gasteiger partial charge in [0.05, 0.1) is 6.10 Å². The number of rotatable bonds is 7. The Morgan fingerprint density at radius 2 is 2.05 bits per heavy atom. The van der Waals surface area contributed by atoms with Crippen molar-refractivity contribution in [2.45, 2.75) is 65.6 Å². The molecule has 3 nitrogen and oxygen atoms in total. The van der Waals surface area contributed by atoms with Crippen molar-refractivity contribution in [3.8, 4) is 5.88 Å². The number of aromatic nitrogens is 1. The van der Waals surface area contributed by atoms with Crippen LogP contribution in [0.3, 0.4) is 0 Å². The fraction of sp³-hybridized carbons (Fsp3) is 0.688. The van der Waals surface area contributed by atoms with Crippen LogP contribution in [0.25, 0.3) is 0 Å². The van der Waals surface area contributed by atoms with E-state index in [-0.39, 0.29) is 6.10 Å². The van der Waals surface area contributed by atoms with Crippen molar-refractivity contribution in [3.63, 3.8) is 0 Å². The molecule has 1 aliphatic carbocycles. The smallest absolute Gasteiger partial charge is 0.213 e. The van der Waals surface area contributed by atoms with Crippen molar-refractivity contribution in [1.82, 2.24) is 10.3 Å². The van der Waals surface area contributed by atoms with Crippen molar-refractivity contribution < 1.29 is 4.74 Å². The monoisotopic (exact) mass is 262 g/mol. The molecule has 0 spiro atoms. The van der Waals surface area contributed by atoms with E-state index in [0.717, 1.165) is 30.6 Å². The zero-order valence-electron chi connectivity index (χ0n) is 12.6. The molecule has 0 aromatic carbocycles. The van der Waals surface area contributed by atoms with E-state index >= 15 is 0 Å². The van der Waals surface area contributed by atoms with E-state index in [1.54, 1.807) is 0 Å². The second-order valence-corrected chi connectivity index (χ2v) is 6.11. The van der Waals surface area contributed by atoms with Gasteiger partial charge in [0.2, 0.25) is 5.88 Å². The van der Waals surface area contributed by atoms with Gasteiger partial charge >= 0.3 is 0 Å². The molecule has 1 aromatic heterocycles. The van der Waals surface area contributed by atoms with Crippen LogP contribution in [0.2, 0.25) is 0 Å². The molecule has 2 rings (SSSR count). The van der Waals surface area contributed by atoms with Crippen LogP contribution in [0.1, 0.15) is 51.3 Å². The minimum atomic E-state index is 0.224. The fourth-order valence-electron chi connectivity index (χ4n) is 2.28. The lowest BCUT2D eigenvalue weighted by atomic mass is 10.1. The van der Waals surface area contributed by atoms with E-state index in [9.17, 15) is 0 Å². The highest BCUT2D eigenvalue weighted by Gasteiger charge is 2.20. The highest BCUT2D eigenvalue weighted by molar-refractivity contribution is 5.25. The van der Waals surface area contributed by atoms with E-state index in [1.807, 2.05) is 6.07 Å². The summed E-state index contributed by atoms with van der Waals surface area (Å²) in [7, 11) is 0. The van der Waals surface area contributed by atoms with Crippen LogP contribution in [-0.2, 0) is 6.54 Å². The van der Waals surface area contributed by atoms with Gasteiger partial charge in [0.15, 0.2) is 0 Å². The van der Waals surface area contributed by atoms with Gasteiger partial charge in [-0.15, -0.1) is 0 Å². The van der Waals surface area contributed by atoms with Crippen LogP contribution in [0.4, 0.5) is 0 Å². The number of pyridine rings is 1. The van der Waals surface area contributed by atoms with Gasteiger partial charge in [-0.25, -0.2) is 4.98 Å². The van der Waals surface area contributed by atoms with Crippen LogP contribution >= 0.6 is 0 Å². The molecule has 0 amide bonds. The van der Waals surface area contributed by atoms with E-state index in [2.05, 4.69) is 44.1 Å². The van der Waals surface area contributed by atoms with Gasteiger partial charge in [-0.1, -0.05) is 19.9 Å². The standard InChI is InChI=1S/C16H26N2O/c1-11(2)9-12(3)19-16-8-5-14(13(4)18-16)10-17-15-6-7-15/h5,8,11-12,15,17H,6-7,9-10H2,1-4H3. The van der Waals surface area contributed by atoms with Gasteiger partial charge in [-0.2, -0.15) is 0 Å². The van der Waals surface area contributed by atoms with Gasteiger partial charge in [-0.05, 0) is 44.6 Å². The maximum Gasteiger partial charge on any atom is 0.213 e. The minimum absolute atomic E-state index is 0.224. The largest absolute Gasteiger partial charge is 0.475 e. The third-order valence-corrected chi connectivity index (χ3v) is 3.45. The first-order chi connectivity index (χ1) is 9.04. The SMILES string of the molecule is Cc1nc(OC(C)CC(C)C)ccc1CNC1CC1. The summed E-state index contributed by atoms with van der Waals surface area (Å²) in [5.41, 5.74) is 2.35. The van der Waals surface area contributed by atoms with Crippen LogP contribution < -0.4 is 10.1 Å². The summed E-state index contributed by atoms with van der Waals surface area (Å²) in [5.74, 6) is 1.40. The van der Waals surface area contributed by atoms with Crippen molar-refractivity contribution in [3.05, 3.63) is 23.4 Å². The topological polar surface area (TPSA) is 34.1 Å². The summed E-state index contributed by atoms with van der Waals surface area (Å²) in [6.45, 7) is 9.52. The van der Waals surface area contributed by atoms with Crippen molar-refractivity contribution in [1.29, 1.82) is 0 Å². The van der Waals surface area contributed by atoms with Gasteiger partial charge in [0.1, 0.15) is 0 Å². The maximum atomic E-state index is 5.87. The second kappa shape index (κ2) is 6.38. The van der Waals surface area contributed by atoms with Gasteiger partial charge < -0.3 is 10.1 Å². The Morgan fingerprint density at radius 1 is 1.32 bits per heavy atom. The molecule has 3 heteroatoms. The summed E-state index contributed by atoms with van der Waals surface area (Å²) >= 11 is 0. The first-order valence-corrected chi connectivity index (χ1v) is 7.41. The Balaban J connectivity index is 1.89. The Morgan fingerprint density at radius 3 is 2.63 bits per heavy atom. The average molecular weight is 262 g/mol. The lowest BCUT2D eigenvalue weighted by Gasteiger charge is -2.16. The highest BCUT2D eigenvalue weighted by Crippen LogP contribution is 2.21. The molecule has 1 unspecified atom stereocenters. The van der Waals surface area contributed by atoms with Gasteiger partial charge in [0, 0.05) is 24.3 Å². The quantitative estimate of drug-likeness (QED) is 0.817. The Bertz CT molecular complexity index is 413. The van der Waals surface area contributed by atoms with Crippen molar-refractivity contribution >= 4 is 0 Å². The molecule has 0 aliphatic heterocycles. The predicted molar refractivity (Wildman–Crippen MR) is 78.4 cm³/mol. The van der Waals surface area contributed by atoms with E-state index in [0.29, 0.717) is 5.92 Å². The summed E-state index contributed by atoms with van der Waals surface area (Å²) in [4.78, 5) is 4.56. The number of hydrogen-bond donors (Lipinski definition) is 1. The van der Waals surface area contributed by atoms with Gasteiger partial charge in [-0.3, -0.25) is 0 Å². The summed E-state index contributed by atoms with van der Waals surface area (Å²) in [5, 5.41) is 3.52. The van der Waals surface area contributed by atoms with E-state index in [1.165, 1.54) is 18.4 Å². The van der Waals surface area contributed by atoms with Crippen LogP contribution in [0.15, 0.2) is 12.1 Å². The van der Waals surface area contributed by atoms with Crippen LogP contribution in [-0.4, -0.2) is 17.1 Å². The highest BCUT2D eigenvalue weighted by atomic mass is 16.5. The number of aryl methyl sites for hydroxylation is 1. The molecule has 1 N–H and O–H groups in total. The normalized spacial score (nSPS) is 16.7. The molecule has 1 aromatic rings. The molecule has 106 valence electrons.